The van der Waals surface area contributed by atoms with Crippen molar-refractivity contribution < 1.29 is 9.53 Å². The summed E-state index contributed by atoms with van der Waals surface area (Å²) in [5.41, 5.74) is 14.0. The minimum absolute atomic E-state index is 0.295. The van der Waals surface area contributed by atoms with Crippen LogP contribution in [0.5, 0.6) is 5.75 Å². The first-order valence-electron chi connectivity index (χ1n) is 6.33. The number of nitrogens with two attached hydrogens (primary N) is 2. The van der Waals surface area contributed by atoms with Gasteiger partial charge in [0.2, 0.25) is 5.91 Å². The smallest absolute Gasteiger partial charge is 0.248 e. The molecule has 0 bridgehead atoms. The molecule has 5 heteroatoms. The predicted molar refractivity (Wildman–Crippen MR) is 79.6 cm³/mol. The van der Waals surface area contributed by atoms with E-state index < -0.39 is 5.91 Å². The molecule has 0 saturated carbocycles. The maximum Gasteiger partial charge on any atom is 0.248 e. The van der Waals surface area contributed by atoms with Gasteiger partial charge in [-0.05, 0) is 48.4 Å². The summed E-state index contributed by atoms with van der Waals surface area (Å²) in [6, 6.07) is 12.1. The number of carbonyl (C=O) groups excluding carboxylic acids is 1. The molecule has 2 rings (SSSR count). The van der Waals surface area contributed by atoms with Crippen LogP contribution in [-0.4, -0.2) is 5.91 Å². The van der Waals surface area contributed by atoms with Gasteiger partial charge >= 0.3 is 0 Å². The minimum atomic E-state index is -0.462. The number of aryl methyl sites for hydroxylation is 1. The summed E-state index contributed by atoms with van der Waals surface area (Å²) in [6.45, 7) is 2.17. The number of nitrogens with zero attached hydrogens (tertiary/aromatic N) is 1. The van der Waals surface area contributed by atoms with Crippen molar-refractivity contribution in [3.63, 3.8) is 0 Å². The quantitative estimate of drug-likeness (QED) is 0.838. The average molecular weight is 281 g/mol. The number of amides is 1. The van der Waals surface area contributed by atoms with Crippen molar-refractivity contribution in [3.05, 3.63) is 58.7 Å². The molecule has 4 N–H and O–H groups in total. The van der Waals surface area contributed by atoms with Crippen molar-refractivity contribution in [1.82, 2.24) is 0 Å². The summed E-state index contributed by atoms with van der Waals surface area (Å²) in [4.78, 5) is 11.1. The van der Waals surface area contributed by atoms with E-state index in [1.54, 1.807) is 36.4 Å². The van der Waals surface area contributed by atoms with Crippen molar-refractivity contribution >= 4 is 11.6 Å². The summed E-state index contributed by atoms with van der Waals surface area (Å²) in [5.74, 6) is 0.0148. The number of hydrogen-bond acceptors (Lipinski definition) is 4. The second-order valence-corrected chi connectivity index (χ2v) is 4.66. The molecule has 0 aliphatic heterocycles. The van der Waals surface area contributed by atoms with Crippen molar-refractivity contribution in [2.24, 2.45) is 5.73 Å². The fourth-order valence-electron chi connectivity index (χ4n) is 1.93. The summed E-state index contributed by atoms with van der Waals surface area (Å²) in [5, 5.41) is 9.06. The Balaban J connectivity index is 2.17. The Kier molecular flexibility index (Phi) is 4.10. The highest BCUT2D eigenvalue weighted by atomic mass is 16.5. The Hall–Kier alpha value is -3.00. The molecule has 0 spiro atoms. The molecule has 0 atom stereocenters. The van der Waals surface area contributed by atoms with E-state index in [-0.39, 0.29) is 0 Å². The van der Waals surface area contributed by atoms with E-state index in [4.69, 9.17) is 21.5 Å². The van der Waals surface area contributed by atoms with E-state index in [1.165, 1.54) is 0 Å². The van der Waals surface area contributed by atoms with Gasteiger partial charge in [-0.15, -0.1) is 0 Å². The number of benzene rings is 2. The number of anilines is 1. The lowest BCUT2D eigenvalue weighted by Gasteiger charge is -2.11. The molecule has 106 valence electrons. The first-order chi connectivity index (χ1) is 10.0. The van der Waals surface area contributed by atoms with E-state index in [0.29, 0.717) is 29.2 Å². The minimum Gasteiger partial charge on any atom is -0.488 e. The third-order valence-electron chi connectivity index (χ3n) is 3.13. The van der Waals surface area contributed by atoms with Crippen LogP contribution in [0.2, 0.25) is 0 Å². The number of ether oxygens (including phenoxy) is 1. The Bertz CT molecular complexity index is 733. The van der Waals surface area contributed by atoms with Gasteiger partial charge in [0.15, 0.2) is 0 Å². The molecule has 21 heavy (non-hydrogen) atoms. The molecule has 2 aromatic carbocycles. The lowest BCUT2D eigenvalue weighted by molar-refractivity contribution is 0.1000. The van der Waals surface area contributed by atoms with Gasteiger partial charge in [0.25, 0.3) is 0 Å². The number of primary amides is 1. The highest BCUT2D eigenvalue weighted by Crippen LogP contribution is 2.22. The van der Waals surface area contributed by atoms with Gasteiger partial charge in [-0.2, -0.15) is 5.26 Å². The van der Waals surface area contributed by atoms with Crippen LogP contribution < -0.4 is 16.2 Å². The van der Waals surface area contributed by atoms with Crippen LogP contribution in [0.1, 0.15) is 27.0 Å². The molecule has 0 aliphatic rings. The van der Waals surface area contributed by atoms with Gasteiger partial charge in [0, 0.05) is 11.3 Å². The maximum atomic E-state index is 11.1. The fourth-order valence-corrected chi connectivity index (χ4v) is 1.93. The largest absolute Gasteiger partial charge is 0.488 e. The second-order valence-electron chi connectivity index (χ2n) is 4.66. The highest BCUT2D eigenvalue weighted by Gasteiger charge is 2.07. The van der Waals surface area contributed by atoms with Gasteiger partial charge < -0.3 is 16.2 Å². The molecule has 0 aromatic heterocycles. The Labute approximate surface area is 122 Å². The van der Waals surface area contributed by atoms with Crippen LogP contribution in [0.15, 0.2) is 36.4 Å². The summed E-state index contributed by atoms with van der Waals surface area (Å²) >= 11 is 0. The number of nitrogen functional groups attached to an aromatic ring is 1. The molecule has 0 aliphatic carbocycles. The highest BCUT2D eigenvalue weighted by molar-refractivity contribution is 5.93. The molecule has 0 heterocycles. The molecule has 2 aromatic rings. The molecular weight excluding hydrogens is 266 g/mol. The molecule has 0 saturated heterocycles. The number of carbonyl (C=O) groups is 1. The van der Waals surface area contributed by atoms with E-state index in [2.05, 4.69) is 0 Å². The van der Waals surface area contributed by atoms with E-state index >= 15 is 0 Å². The lowest BCUT2D eigenvalue weighted by atomic mass is 10.1. The van der Waals surface area contributed by atoms with Crippen LogP contribution in [0.25, 0.3) is 0 Å². The van der Waals surface area contributed by atoms with Crippen molar-refractivity contribution in [3.8, 4) is 11.8 Å². The van der Waals surface area contributed by atoms with Crippen LogP contribution >= 0.6 is 0 Å². The normalized spacial score (nSPS) is 9.90. The summed E-state index contributed by atoms with van der Waals surface area (Å²) in [7, 11) is 0. The molecule has 1 amide bonds. The maximum absolute atomic E-state index is 11.1. The zero-order chi connectivity index (χ0) is 15.4. The molecule has 0 fully saturated rings. The number of hydrogen-bond donors (Lipinski definition) is 2. The Morgan fingerprint density at radius 3 is 2.67 bits per heavy atom. The lowest BCUT2D eigenvalue weighted by Crippen LogP contribution is -2.11. The predicted octanol–water partition coefficient (Wildman–Crippen LogP) is 2.13. The molecule has 5 nitrogen and oxygen atoms in total. The number of rotatable bonds is 4. The average Bonchev–Trinajstić information content (AvgIpc) is 2.46. The van der Waals surface area contributed by atoms with E-state index in [0.717, 1.165) is 11.1 Å². The summed E-state index contributed by atoms with van der Waals surface area (Å²) in [6.07, 6.45) is 0. The van der Waals surface area contributed by atoms with Gasteiger partial charge in [-0.3, -0.25) is 4.79 Å². The zero-order valence-corrected chi connectivity index (χ0v) is 11.6. The zero-order valence-electron chi connectivity index (χ0n) is 11.6. The van der Waals surface area contributed by atoms with Gasteiger partial charge in [-0.25, -0.2) is 0 Å². The number of nitriles is 1. The Morgan fingerprint density at radius 2 is 2.05 bits per heavy atom. The van der Waals surface area contributed by atoms with E-state index in [9.17, 15) is 4.79 Å². The van der Waals surface area contributed by atoms with Crippen LogP contribution in [0.4, 0.5) is 5.69 Å². The van der Waals surface area contributed by atoms with Crippen LogP contribution in [-0.2, 0) is 6.61 Å². The Morgan fingerprint density at radius 1 is 1.29 bits per heavy atom. The van der Waals surface area contributed by atoms with Crippen molar-refractivity contribution in [2.75, 3.05) is 5.73 Å². The summed E-state index contributed by atoms with van der Waals surface area (Å²) < 4.78 is 5.66. The van der Waals surface area contributed by atoms with Gasteiger partial charge in [0.05, 0.1) is 5.56 Å². The first kappa shape index (κ1) is 14.4. The third kappa shape index (κ3) is 3.31. The van der Waals surface area contributed by atoms with Crippen LogP contribution in [0.3, 0.4) is 0 Å². The van der Waals surface area contributed by atoms with Crippen molar-refractivity contribution in [1.29, 1.82) is 5.26 Å². The second kappa shape index (κ2) is 5.97. The topological polar surface area (TPSA) is 102 Å². The van der Waals surface area contributed by atoms with Gasteiger partial charge in [0.1, 0.15) is 18.4 Å². The SMILES string of the molecule is Cc1cc(C(N)=O)ccc1COc1ccc(N)cc1C#N. The molecule has 0 radical (unpaired) electrons. The van der Waals surface area contributed by atoms with Crippen LogP contribution in [0, 0.1) is 18.3 Å². The van der Waals surface area contributed by atoms with Gasteiger partial charge in [-0.1, -0.05) is 6.07 Å². The monoisotopic (exact) mass is 281 g/mol. The standard InChI is InChI=1S/C16H15N3O2/c1-10-6-11(16(19)20)2-3-12(10)9-21-15-5-4-14(18)7-13(15)8-17/h2-7H,9,18H2,1H3,(H2,19,20). The van der Waals surface area contributed by atoms with Crippen molar-refractivity contribution in [2.45, 2.75) is 13.5 Å². The molecule has 0 unspecified atom stereocenters. The van der Waals surface area contributed by atoms with E-state index in [1.807, 2.05) is 13.0 Å². The fraction of sp³-hybridized carbons (Fsp3) is 0.125. The third-order valence-corrected chi connectivity index (χ3v) is 3.13. The molecular formula is C16H15N3O2. The first-order valence-corrected chi connectivity index (χ1v) is 6.33.